The van der Waals surface area contributed by atoms with E-state index in [-0.39, 0.29) is 11.8 Å². The van der Waals surface area contributed by atoms with Crippen LogP contribution in [0.1, 0.15) is 26.3 Å². The van der Waals surface area contributed by atoms with E-state index in [0.29, 0.717) is 22.1 Å². The minimum atomic E-state index is -0.256. The zero-order valence-corrected chi connectivity index (χ0v) is 11.6. The van der Waals surface area contributed by atoms with Crippen LogP contribution in [0.2, 0.25) is 0 Å². The van der Waals surface area contributed by atoms with Gasteiger partial charge >= 0.3 is 0 Å². The number of carbonyl (C=O) groups excluding carboxylic acids is 2. The highest BCUT2D eigenvalue weighted by Gasteiger charge is 2.37. The van der Waals surface area contributed by atoms with Gasteiger partial charge in [-0.2, -0.15) is 0 Å². The topological polar surface area (TPSA) is 37.4 Å². The van der Waals surface area contributed by atoms with Crippen molar-refractivity contribution in [3.05, 3.63) is 65.2 Å². The van der Waals surface area contributed by atoms with Gasteiger partial charge in [-0.05, 0) is 23.8 Å². The van der Waals surface area contributed by atoms with Crippen LogP contribution in [0.5, 0.6) is 0 Å². The van der Waals surface area contributed by atoms with Crippen LogP contribution in [0, 0.1) is 0 Å². The van der Waals surface area contributed by atoms with Crippen LogP contribution in [0.25, 0.3) is 0 Å². The molecule has 0 aromatic heterocycles. The van der Waals surface area contributed by atoms with Crippen molar-refractivity contribution in [2.75, 3.05) is 4.90 Å². The minimum absolute atomic E-state index is 0.249. The predicted molar refractivity (Wildman–Crippen MR) is 76.7 cm³/mol. The summed E-state index contributed by atoms with van der Waals surface area (Å²) in [6.45, 7) is 0. The second kappa shape index (κ2) is 4.63. The Kier molecular flexibility index (Phi) is 2.95. The Morgan fingerprint density at radius 3 is 2.32 bits per heavy atom. The molecule has 0 atom stereocenters. The molecule has 0 fully saturated rings. The fourth-order valence-corrected chi connectivity index (χ4v) is 2.75. The molecule has 0 spiro atoms. The van der Waals surface area contributed by atoms with Gasteiger partial charge in [-0.25, -0.2) is 4.90 Å². The summed E-state index contributed by atoms with van der Waals surface area (Å²) in [6.07, 6.45) is 0. The first kappa shape index (κ1) is 12.1. The van der Waals surface area contributed by atoms with Crippen LogP contribution in [-0.4, -0.2) is 11.8 Å². The summed E-state index contributed by atoms with van der Waals surface area (Å²) >= 11 is 3.35. The second-order valence-corrected chi connectivity index (χ2v) is 4.82. The summed E-state index contributed by atoms with van der Waals surface area (Å²) in [7, 11) is 0. The third-order valence-corrected chi connectivity index (χ3v) is 3.76. The molecule has 0 aliphatic carbocycles. The van der Waals surface area contributed by atoms with Gasteiger partial charge in [0, 0.05) is 5.33 Å². The van der Waals surface area contributed by atoms with E-state index in [1.807, 2.05) is 24.3 Å². The molecule has 0 saturated heterocycles. The van der Waals surface area contributed by atoms with Crippen LogP contribution in [0.3, 0.4) is 0 Å². The molecule has 19 heavy (non-hydrogen) atoms. The molecular weight excluding hydrogens is 306 g/mol. The van der Waals surface area contributed by atoms with E-state index >= 15 is 0 Å². The second-order valence-electron chi connectivity index (χ2n) is 4.25. The van der Waals surface area contributed by atoms with Crippen molar-refractivity contribution in [3.63, 3.8) is 0 Å². The third-order valence-electron chi connectivity index (χ3n) is 3.16. The molecule has 1 aliphatic heterocycles. The Balaban J connectivity index is 2.15. The smallest absolute Gasteiger partial charge is 0.266 e. The summed E-state index contributed by atoms with van der Waals surface area (Å²) in [5.74, 6) is -0.504. The predicted octanol–water partition coefficient (Wildman–Crippen LogP) is 3.38. The Hall–Kier alpha value is -1.94. The maximum Gasteiger partial charge on any atom is 0.266 e. The first-order chi connectivity index (χ1) is 9.24. The average Bonchev–Trinajstić information content (AvgIpc) is 2.72. The number of anilines is 1. The Bertz CT molecular complexity index is 667. The number of amides is 2. The van der Waals surface area contributed by atoms with Crippen LogP contribution < -0.4 is 4.90 Å². The molecule has 0 unspecified atom stereocenters. The number of alkyl halides is 1. The van der Waals surface area contributed by atoms with Crippen molar-refractivity contribution in [3.8, 4) is 0 Å². The fraction of sp³-hybridized carbons (Fsp3) is 0.0667. The Labute approximate surface area is 119 Å². The number of fused-ring (bicyclic) bond motifs is 1. The molecular formula is C15H10BrNO2. The largest absolute Gasteiger partial charge is 0.268 e. The first-order valence-electron chi connectivity index (χ1n) is 5.85. The number of benzene rings is 2. The van der Waals surface area contributed by atoms with Gasteiger partial charge in [-0.3, -0.25) is 9.59 Å². The molecule has 1 heterocycles. The van der Waals surface area contributed by atoms with E-state index in [1.54, 1.807) is 24.3 Å². The van der Waals surface area contributed by atoms with Gasteiger partial charge < -0.3 is 0 Å². The minimum Gasteiger partial charge on any atom is -0.268 e. The molecule has 0 N–H and O–H groups in total. The summed E-state index contributed by atoms with van der Waals surface area (Å²) in [5, 5.41) is 0.553. The van der Waals surface area contributed by atoms with Crippen molar-refractivity contribution < 1.29 is 9.59 Å². The molecule has 3 rings (SSSR count). The van der Waals surface area contributed by atoms with Crippen molar-refractivity contribution in [2.24, 2.45) is 0 Å². The van der Waals surface area contributed by atoms with E-state index in [0.717, 1.165) is 5.56 Å². The summed E-state index contributed by atoms with van der Waals surface area (Å²) in [5.41, 5.74) is 2.43. The molecule has 2 amide bonds. The lowest BCUT2D eigenvalue weighted by Gasteiger charge is -2.13. The van der Waals surface area contributed by atoms with E-state index in [4.69, 9.17) is 0 Å². The van der Waals surface area contributed by atoms with Gasteiger partial charge in [0.1, 0.15) is 0 Å². The highest BCUT2D eigenvalue weighted by atomic mass is 79.9. The zero-order valence-electron chi connectivity index (χ0n) is 9.97. The monoisotopic (exact) mass is 315 g/mol. The molecule has 1 aliphatic rings. The van der Waals surface area contributed by atoms with E-state index in [2.05, 4.69) is 15.9 Å². The number of rotatable bonds is 2. The number of hydrogen-bond acceptors (Lipinski definition) is 2. The number of imide groups is 1. The highest BCUT2D eigenvalue weighted by molar-refractivity contribution is 9.08. The van der Waals surface area contributed by atoms with Gasteiger partial charge in [-0.15, -0.1) is 0 Å². The van der Waals surface area contributed by atoms with Gasteiger partial charge in [0.05, 0.1) is 16.8 Å². The van der Waals surface area contributed by atoms with Crippen molar-refractivity contribution in [1.29, 1.82) is 0 Å². The lowest BCUT2D eigenvalue weighted by molar-refractivity contribution is 0.0926. The number of carbonyl (C=O) groups is 2. The zero-order chi connectivity index (χ0) is 13.4. The van der Waals surface area contributed by atoms with Crippen LogP contribution in [0.4, 0.5) is 5.69 Å². The number of para-hydroxylation sites is 1. The summed E-state index contributed by atoms with van der Waals surface area (Å²) in [4.78, 5) is 26.1. The highest BCUT2D eigenvalue weighted by Crippen LogP contribution is 2.31. The molecule has 0 radical (unpaired) electrons. The number of nitrogens with zero attached hydrogens (tertiary/aromatic N) is 1. The maximum atomic E-state index is 12.5. The van der Waals surface area contributed by atoms with Crippen molar-refractivity contribution in [2.45, 2.75) is 5.33 Å². The first-order valence-corrected chi connectivity index (χ1v) is 6.98. The number of hydrogen-bond donors (Lipinski definition) is 0. The van der Waals surface area contributed by atoms with Crippen LogP contribution in [-0.2, 0) is 5.33 Å². The lowest BCUT2D eigenvalue weighted by Crippen LogP contribution is -2.29. The summed E-state index contributed by atoms with van der Waals surface area (Å²) in [6, 6.07) is 14.3. The average molecular weight is 316 g/mol. The molecule has 2 aromatic rings. The molecule has 0 saturated carbocycles. The SMILES string of the molecule is O=C1c2cccc(CBr)c2C(=O)N1c1ccccc1. The third kappa shape index (κ3) is 1.79. The van der Waals surface area contributed by atoms with Gasteiger partial charge in [-0.1, -0.05) is 46.3 Å². The number of halogens is 1. The molecule has 4 heteroatoms. The van der Waals surface area contributed by atoms with E-state index < -0.39 is 0 Å². The van der Waals surface area contributed by atoms with Gasteiger partial charge in [0.15, 0.2) is 0 Å². The normalized spacial score (nSPS) is 13.8. The molecule has 3 nitrogen and oxygen atoms in total. The van der Waals surface area contributed by atoms with E-state index in [1.165, 1.54) is 4.90 Å². The molecule has 94 valence electrons. The van der Waals surface area contributed by atoms with Crippen molar-refractivity contribution in [1.82, 2.24) is 0 Å². The quantitative estimate of drug-likeness (QED) is 0.629. The fourth-order valence-electron chi connectivity index (χ4n) is 2.28. The van der Waals surface area contributed by atoms with Crippen LogP contribution >= 0.6 is 15.9 Å². The maximum absolute atomic E-state index is 12.5. The standard InChI is InChI=1S/C15H10BrNO2/c16-9-10-5-4-8-12-13(10)15(19)17(14(12)18)11-6-2-1-3-7-11/h1-8H,9H2. The van der Waals surface area contributed by atoms with Gasteiger partial charge in [0.2, 0.25) is 0 Å². The van der Waals surface area contributed by atoms with E-state index in [9.17, 15) is 9.59 Å². The molecule has 2 aromatic carbocycles. The summed E-state index contributed by atoms with van der Waals surface area (Å²) < 4.78 is 0. The lowest BCUT2D eigenvalue weighted by atomic mass is 10.0. The molecule has 0 bridgehead atoms. The van der Waals surface area contributed by atoms with Crippen LogP contribution in [0.15, 0.2) is 48.5 Å². The van der Waals surface area contributed by atoms with Crippen molar-refractivity contribution >= 4 is 33.4 Å². The Morgan fingerprint density at radius 2 is 1.63 bits per heavy atom. The Morgan fingerprint density at radius 1 is 0.895 bits per heavy atom. The van der Waals surface area contributed by atoms with Gasteiger partial charge in [0.25, 0.3) is 11.8 Å².